The van der Waals surface area contributed by atoms with Crippen molar-refractivity contribution >= 4 is 21.7 Å². The number of fused-ring (bicyclic) bond motifs is 1. The molecule has 31 heavy (non-hydrogen) atoms. The van der Waals surface area contributed by atoms with E-state index in [4.69, 9.17) is 10.5 Å². The standard InChI is InChI=1S/C18H19F3N6O3S/c1-10-3-4-11(31(28,29)23-7-17(2)8-30-9-17)5-12(10)13-6-27-15(22)25-14(18(19,20)21)26-16(27)24-13/h3-6,23H,7-9H2,1-2H3,(H2,22,24,25,26). The number of halogens is 3. The first-order valence-corrected chi connectivity index (χ1v) is 10.6. The molecule has 0 aliphatic carbocycles. The molecule has 0 bridgehead atoms. The summed E-state index contributed by atoms with van der Waals surface area (Å²) in [6.45, 7) is 4.80. The van der Waals surface area contributed by atoms with Gasteiger partial charge in [-0.3, -0.25) is 4.40 Å². The van der Waals surface area contributed by atoms with Gasteiger partial charge < -0.3 is 10.5 Å². The number of nitrogen functional groups attached to an aromatic ring is 1. The Hall–Kier alpha value is -2.77. The van der Waals surface area contributed by atoms with Crippen molar-refractivity contribution in [2.45, 2.75) is 24.9 Å². The van der Waals surface area contributed by atoms with E-state index in [-0.39, 0.29) is 28.3 Å². The van der Waals surface area contributed by atoms with E-state index < -0.39 is 28.0 Å². The summed E-state index contributed by atoms with van der Waals surface area (Å²) in [5.41, 5.74) is 6.69. The smallest absolute Gasteiger partial charge is 0.380 e. The number of aryl methyl sites for hydroxylation is 1. The van der Waals surface area contributed by atoms with Gasteiger partial charge in [0, 0.05) is 23.7 Å². The molecule has 3 N–H and O–H groups in total. The molecule has 3 aromatic rings. The fourth-order valence-electron chi connectivity index (χ4n) is 3.11. The number of rotatable bonds is 5. The summed E-state index contributed by atoms with van der Waals surface area (Å²) < 4.78 is 73.2. The third kappa shape index (κ3) is 4.07. The lowest BCUT2D eigenvalue weighted by atomic mass is 9.89. The lowest BCUT2D eigenvalue weighted by Crippen LogP contribution is -2.48. The van der Waals surface area contributed by atoms with Crippen molar-refractivity contribution < 1.29 is 26.3 Å². The number of aromatic nitrogens is 4. The number of imidazole rings is 1. The van der Waals surface area contributed by atoms with Gasteiger partial charge in [0.1, 0.15) is 0 Å². The van der Waals surface area contributed by atoms with Crippen molar-refractivity contribution in [3.8, 4) is 11.3 Å². The largest absolute Gasteiger partial charge is 0.451 e. The molecule has 166 valence electrons. The SMILES string of the molecule is Cc1ccc(S(=O)(=O)NCC2(C)COC2)cc1-c1cn2c(N)nc(C(F)(F)F)nc2n1. The van der Waals surface area contributed by atoms with Crippen LogP contribution >= 0.6 is 0 Å². The third-order valence-corrected chi connectivity index (χ3v) is 6.40. The van der Waals surface area contributed by atoms with Crippen LogP contribution in [0.5, 0.6) is 0 Å². The van der Waals surface area contributed by atoms with Gasteiger partial charge in [0.15, 0.2) is 0 Å². The molecule has 0 saturated carbocycles. The maximum absolute atomic E-state index is 13.0. The fourth-order valence-corrected chi connectivity index (χ4v) is 4.33. The summed E-state index contributed by atoms with van der Waals surface area (Å²) in [5, 5.41) is 0. The van der Waals surface area contributed by atoms with Crippen molar-refractivity contribution in [3.63, 3.8) is 0 Å². The van der Waals surface area contributed by atoms with E-state index in [1.807, 2.05) is 6.92 Å². The van der Waals surface area contributed by atoms with Crippen LogP contribution in [-0.2, 0) is 20.9 Å². The van der Waals surface area contributed by atoms with Crippen LogP contribution in [0.25, 0.3) is 17.0 Å². The Kier molecular flexibility index (Phi) is 4.94. The summed E-state index contributed by atoms with van der Waals surface area (Å²) >= 11 is 0. The highest BCUT2D eigenvalue weighted by Crippen LogP contribution is 2.30. The Labute approximate surface area is 175 Å². The average Bonchev–Trinajstić information content (AvgIpc) is 3.09. The Morgan fingerprint density at radius 3 is 2.58 bits per heavy atom. The van der Waals surface area contributed by atoms with E-state index in [9.17, 15) is 21.6 Å². The first kappa shape index (κ1) is 21.5. The minimum absolute atomic E-state index is 0.00374. The summed E-state index contributed by atoms with van der Waals surface area (Å²) in [6, 6.07) is 4.46. The quantitative estimate of drug-likeness (QED) is 0.602. The van der Waals surface area contributed by atoms with Gasteiger partial charge in [0.2, 0.25) is 27.6 Å². The zero-order valence-electron chi connectivity index (χ0n) is 16.6. The molecular formula is C18H19F3N6O3S. The van der Waals surface area contributed by atoms with Gasteiger partial charge in [-0.2, -0.15) is 23.1 Å². The van der Waals surface area contributed by atoms with Crippen molar-refractivity contribution in [3.05, 3.63) is 35.8 Å². The molecule has 0 atom stereocenters. The summed E-state index contributed by atoms with van der Waals surface area (Å²) in [7, 11) is -3.82. The molecule has 0 radical (unpaired) electrons. The van der Waals surface area contributed by atoms with Gasteiger partial charge in [-0.05, 0) is 24.6 Å². The zero-order valence-corrected chi connectivity index (χ0v) is 17.4. The lowest BCUT2D eigenvalue weighted by molar-refractivity contribution is -0.144. The number of nitrogens with two attached hydrogens (primary N) is 1. The first-order chi connectivity index (χ1) is 14.4. The molecule has 3 heterocycles. The Morgan fingerprint density at radius 2 is 1.97 bits per heavy atom. The Bertz CT molecular complexity index is 1270. The van der Waals surface area contributed by atoms with Crippen LogP contribution in [0.4, 0.5) is 19.1 Å². The van der Waals surface area contributed by atoms with Gasteiger partial charge in [-0.25, -0.2) is 18.1 Å². The van der Waals surface area contributed by atoms with E-state index >= 15 is 0 Å². The molecule has 1 saturated heterocycles. The predicted octanol–water partition coefficient (Wildman–Crippen LogP) is 2.02. The van der Waals surface area contributed by atoms with Gasteiger partial charge in [0.05, 0.1) is 23.8 Å². The third-order valence-electron chi connectivity index (χ3n) is 5.00. The summed E-state index contributed by atoms with van der Waals surface area (Å²) in [5.74, 6) is -2.13. The average molecular weight is 456 g/mol. The molecule has 1 aromatic carbocycles. The molecule has 2 aromatic heterocycles. The molecule has 0 spiro atoms. The van der Waals surface area contributed by atoms with Crippen LogP contribution < -0.4 is 10.5 Å². The number of alkyl halides is 3. The maximum Gasteiger partial charge on any atom is 0.451 e. The van der Waals surface area contributed by atoms with Crippen LogP contribution in [0.1, 0.15) is 18.3 Å². The maximum atomic E-state index is 13.0. The van der Waals surface area contributed by atoms with Gasteiger partial charge in [0.25, 0.3) is 0 Å². The number of hydrogen-bond acceptors (Lipinski definition) is 7. The number of nitrogens with one attached hydrogen (secondary N) is 1. The van der Waals surface area contributed by atoms with Crippen LogP contribution in [0.15, 0.2) is 29.3 Å². The molecular weight excluding hydrogens is 437 g/mol. The van der Waals surface area contributed by atoms with Gasteiger partial charge >= 0.3 is 6.18 Å². The van der Waals surface area contributed by atoms with Crippen LogP contribution in [0.2, 0.25) is 0 Å². The van der Waals surface area contributed by atoms with E-state index in [1.165, 1.54) is 18.3 Å². The molecule has 0 amide bonds. The van der Waals surface area contributed by atoms with E-state index in [0.29, 0.717) is 24.3 Å². The van der Waals surface area contributed by atoms with E-state index in [0.717, 1.165) is 4.40 Å². The molecule has 9 nitrogen and oxygen atoms in total. The zero-order chi connectivity index (χ0) is 22.6. The predicted molar refractivity (Wildman–Crippen MR) is 104 cm³/mol. The highest BCUT2D eigenvalue weighted by atomic mass is 32.2. The minimum atomic E-state index is -4.78. The Morgan fingerprint density at radius 1 is 1.26 bits per heavy atom. The molecule has 0 unspecified atom stereocenters. The second-order valence-electron chi connectivity index (χ2n) is 7.80. The van der Waals surface area contributed by atoms with Crippen molar-refractivity contribution in [2.75, 3.05) is 25.5 Å². The number of hydrogen-bond donors (Lipinski definition) is 2. The van der Waals surface area contributed by atoms with Gasteiger partial charge in [-0.15, -0.1) is 0 Å². The second kappa shape index (κ2) is 7.14. The number of ether oxygens (including phenoxy) is 1. The molecule has 1 fully saturated rings. The van der Waals surface area contributed by atoms with E-state index in [1.54, 1.807) is 13.0 Å². The van der Waals surface area contributed by atoms with Crippen molar-refractivity contribution in [1.29, 1.82) is 0 Å². The monoisotopic (exact) mass is 456 g/mol. The highest BCUT2D eigenvalue weighted by Gasteiger charge is 2.36. The van der Waals surface area contributed by atoms with Crippen LogP contribution in [-0.4, -0.2) is 47.5 Å². The first-order valence-electron chi connectivity index (χ1n) is 9.16. The number of anilines is 1. The second-order valence-corrected chi connectivity index (χ2v) is 9.57. The Balaban J connectivity index is 1.71. The highest BCUT2D eigenvalue weighted by molar-refractivity contribution is 7.89. The molecule has 13 heteroatoms. The molecule has 4 rings (SSSR count). The molecule has 1 aliphatic rings. The topological polar surface area (TPSA) is 124 Å². The summed E-state index contributed by atoms with van der Waals surface area (Å²) in [4.78, 5) is 10.8. The lowest BCUT2D eigenvalue weighted by Gasteiger charge is -2.37. The molecule has 1 aliphatic heterocycles. The minimum Gasteiger partial charge on any atom is -0.380 e. The van der Waals surface area contributed by atoms with Crippen molar-refractivity contribution in [1.82, 2.24) is 24.1 Å². The normalized spacial score (nSPS) is 16.4. The van der Waals surface area contributed by atoms with E-state index in [2.05, 4.69) is 19.7 Å². The van der Waals surface area contributed by atoms with Crippen LogP contribution in [0.3, 0.4) is 0 Å². The fraction of sp³-hybridized carbons (Fsp3) is 0.389. The van der Waals surface area contributed by atoms with Crippen molar-refractivity contribution in [2.24, 2.45) is 5.41 Å². The van der Waals surface area contributed by atoms with Crippen LogP contribution in [0, 0.1) is 12.3 Å². The number of benzene rings is 1. The van der Waals surface area contributed by atoms with Gasteiger partial charge in [-0.1, -0.05) is 13.0 Å². The number of sulfonamides is 1. The summed E-state index contributed by atoms with van der Waals surface area (Å²) in [6.07, 6.45) is -3.41. The number of nitrogens with zero attached hydrogens (tertiary/aromatic N) is 4.